The van der Waals surface area contributed by atoms with Crippen LogP contribution in [0.25, 0.3) is 0 Å². The van der Waals surface area contributed by atoms with Gasteiger partial charge in [-0.05, 0) is 32.0 Å². The summed E-state index contributed by atoms with van der Waals surface area (Å²) in [7, 11) is 0. The van der Waals surface area contributed by atoms with E-state index in [1.54, 1.807) is 13.8 Å². The van der Waals surface area contributed by atoms with Crippen LogP contribution < -0.4 is 10.6 Å². The maximum atomic E-state index is 13.1. The first-order valence-corrected chi connectivity index (χ1v) is 5.88. The molecule has 110 valence electrons. The van der Waals surface area contributed by atoms with Crippen LogP contribution in [-0.4, -0.2) is 24.8 Å². The Bertz CT molecular complexity index is 513. The number of rotatable bonds is 5. The van der Waals surface area contributed by atoms with E-state index < -0.39 is 17.6 Å². The number of hydrogen-bond acceptors (Lipinski definition) is 3. The molecule has 1 aromatic rings. The van der Waals surface area contributed by atoms with E-state index in [-0.39, 0.29) is 23.8 Å². The molecule has 0 aromatic heterocycles. The van der Waals surface area contributed by atoms with Gasteiger partial charge in [-0.1, -0.05) is 0 Å². The largest absolute Gasteiger partial charge is 0.418 e. The zero-order valence-corrected chi connectivity index (χ0v) is 11.1. The van der Waals surface area contributed by atoms with Crippen LogP contribution in [0.4, 0.5) is 18.9 Å². The van der Waals surface area contributed by atoms with Gasteiger partial charge in [-0.25, -0.2) is 0 Å². The number of halogens is 3. The van der Waals surface area contributed by atoms with E-state index in [0.717, 1.165) is 6.07 Å². The molecule has 0 atom stereocenters. The molecule has 0 fully saturated rings. The molecular weight excluding hydrogens is 273 g/mol. The van der Waals surface area contributed by atoms with Gasteiger partial charge in [0.15, 0.2) is 0 Å². The minimum atomic E-state index is -4.63. The Balaban J connectivity index is 3.40. The number of carbonyl (C=O) groups excluding carboxylic acids is 2. The van der Waals surface area contributed by atoms with E-state index in [1.165, 1.54) is 17.0 Å². The predicted molar refractivity (Wildman–Crippen MR) is 68.5 cm³/mol. The van der Waals surface area contributed by atoms with Gasteiger partial charge < -0.3 is 10.6 Å². The van der Waals surface area contributed by atoms with Crippen LogP contribution in [0.15, 0.2) is 18.2 Å². The molecule has 7 heteroatoms. The van der Waals surface area contributed by atoms with E-state index in [2.05, 4.69) is 0 Å². The van der Waals surface area contributed by atoms with Crippen molar-refractivity contribution in [1.29, 1.82) is 0 Å². The van der Waals surface area contributed by atoms with E-state index in [9.17, 15) is 22.8 Å². The molecule has 1 amide bonds. The topological polar surface area (TPSA) is 63.4 Å². The molecule has 0 aliphatic heterocycles. The van der Waals surface area contributed by atoms with Gasteiger partial charge in [0, 0.05) is 17.3 Å². The Morgan fingerprint density at radius 2 is 2.00 bits per heavy atom. The number of anilines is 1. The van der Waals surface area contributed by atoms with Crippen molar-refractivity contribution in [3.63, 3.8) is 0 Å². The van der Waals surface area contributed by atoms with Crippen molar-refractivity contribution in [2.24, 2.45) is 5.73 Å². The molecule has 2 N–H and O–H groups in total. The second-order valence-corrected chi connectivity index (χ2v) is 4.58. The van der Waals surface area contributed by atoms with E-state index >= 15 is 0 Å². The van der Waals surface area contributed by atoms with Crippen LogP contribution >= 0.6 is 0 Å². The summed E-state index contributed by atoms with van der Waals surface area (Å²) in [6, 6.07) is 2.85. The van der Waals surface area contributed by atoms with E-state index in [1.807, 2.05) is 0 Å². The maximum absolute atomic E-state index is 13.1. The summed E-state index contributed by atoms with van der Waals surface area (Å²) in [5.74, 6) is -0.730. The molecule has 0 saturated carbocycles. The summed E-state index contributed by atoms with van der Waals surface area (Å²) < 4.78 is 39.2. The zero-order valence-electron chi connectivity index (χ0n) is 11.1. The molecule has 1 rings (SSSR count). The Morgan fingerprint density at radius 3 is 2.40 bits per heavy atom. The Kier molecular flexibility index (Phi) is 4.75. The lowest BCUT2D eigenvalue weighted by molar-refractivity contribution is -0.137. The van der Waals surface area contributed by atoms with Crippen molar-refractivity contribution in [2.45, 2.75) is 26.1 Å². The molecule has 0 unspecified atom stereocenters. The first kappa shape index (κ1) is 16.0. The molecule has 0 bridgehead atoms. The summed E-state index contributed by atoms with van der Waals surface area (Å²) in [6.07, 6.45) is -4.29. The monoisotopic (exact) mass is 288 g/mol. The Hall–Kier alpha value is -2.05. The maximum Gasteiger partial charge on any atom is 0.418 e. The van der Waals surface area contributed by atoms with Crippen molar-refractivity contribution in [3.8, 4) is 0 Å². The molecule has 1 aromatic carbocycles. The lowest BCUT2D eigenvalue weighted by Gasteiger charge is -2.30. The van der Waals surface area contributed by atoms with Crippen LogP contribution in [0.3, 0.4) is 0 Å². The molecule has 4 nitrogen and oxygen atoms in total. The van der Waals surface area contributed by atoms with E-state index in [4.69, 9.17) is 5.73 Å². The summed E-state index contributed by atoms with van der Waals surface area (Å²) >= 11 is 0. The van der Waals surface area contributed by atoms with Gasteiger partial charge in [0.1, 0.15) is 6.29 Å². The summed E-state index contributed by atoms with van der Waals surface area (Å²) in [4.78, 5) is 22.9. The molecular formula is C13H15F3N2O2. The van der Waals surface area contributed by atoms with Crippen LogP contribution in [0.1, 0.15) is 29.8 Å². The lowest BCUT2D eigenvalue weighted by Crippen LogP contribution is -2.39. The van der Waals surface area contributed by atoms with Crippen molar-refractivity contribution in [3.05, 3.63) is 29.3 Å². The molecule has 0 aliphatic carbocycles. The molecule has 0 heterocycles. The van der Waals surface area contributed by atoms with Gasteiger partial charge in [0.2, 0.25) is 5.91 Å². The fourth-order valence-electron chi connectivity index (χ4n) is 1.82. The molecule has 20 heavy (non-hydrogen) atoms. The van der Waals surface area contributed by atoms with Crippen molar-refractivity contribution < 1.29 is 22.8 Å². The molecule has 0 saturated heterocycles. The van der Waals surface area contributed by atoms with Crippen LogP contribution in [-0.2, 0) is 11.0 Å². The number of alkyl halides is 3. The van der Waals surface area contributed by atoms with Gasteiger partial charge in [-0.2, -0.15) is 13.2 Å². The highest BCUT2D eigenvalue weighted by molar-refractivity contribution is 5.81. The predicted octanol–water partition coefficient (Wildman–Crippen LogP) is 2.22. The third-order valence-corrected chi connectivity index (χ3v) is 2.72. The number of carbonyl (C=O) groups is 2. The van der Waals surface area contributed by atoms with Gasteiger partial charge >= 0.3 is 6.18 Å². The third-order valence-electron chi connectivity index (χ3n) is 2.72. The van der Waals surface area contributed by atoms with Crippen molar-refractivity contribution >= 4 is 17.9 Å². The first-order valence-electron chi connectivity index (χ1n) is 5.88. The number of amides is 1. The normalized spacial score (nSPS) is 11.5. The van der Waals surface area contributed by atoms with Crippen LogP contribution in [0.2, 0.25) is 0 Å². The highest BCUT2D eigenvalue weighted by Crippen LogP contribution is 2.37. The van der Waals surface area contributed by atoms with Gasteiger partial charge in [0.25, 0.3) is 0 Å². The van der Waals surface area contributed by atoms with Crippen molar-refractivity contribution in [1.82, 2.24) is 0 Å². The molecule has 0 radical (unpaired) electrons. The van der Waals surface area contributed by atoms with E-state index in [0.29, 0.717) is 6.29 Å². The summed E-state index contributed by atoms with van der Waals surface area (Å²) in [5.41, 5.74) is 3.86. The van der Waals surface area contributed by atoms with Gasteiger partial charge in [-0.15, -0.1) is 0 Å². The highest BCUT2D eigenvalue weighted by atomic mass is 19.4. The Labute approximate surface area is 114 Å². The van der Waals surface area contributed by atoms with Crippen LogP contribution in [0, 0.1) is 0 Å². The molecule has 0 aliphatic rings. The highest BCUT2D eigenvalue weighted by Gasteiger charge is 2.35. The second-order valence-electron chi connectivity index (χ2n) is 4.58. The average molecular weight is 288 g/mol. The number of primary amides is 1. The Morgan fingerprint density at radius 1 is 1.40 bits per heavy atom. The minimum absolute atomic E-state index is 0.0798. The van der Waals surface area contributed by atoms with Crippen molar-refractivity contribution in [2.75, 3.05) is 11.4 Å². The number of hydrogen-bond donors (Lipinski definition) is 1. The van der Waals surface area contributed by atoms with Gasteiger partial charge in [0.05, 0.1) is 12.1 Å². The number of nitrogens with zero attached hydrogens (tertiary/aromatic N) is 1. The second kappa shape index (κ2) is 5.94. The molecule has 0 spiro atoms. The summed E-state index contributed by atoms with van der Waals surface area (Å²) in [5, 5.41) is 0. The summed E-state index contributed by atoms with van der Waals surface area (Å²) in [6.45, 7) is 2.97. The average Bonchev–Trinajstić information content (AvgIpc) is 2.33. The number of benzene rings is 1. The SMILES string of the molecule is CC(C)N(CC(N)=O)c1ccc(C=O)cc1C(F)(F)F. The van der Waals surface area contributed by atoms with Crippen LogP contribution in [0.5, 0.6) is 0 Å². The fourth-order valence-corrected chi connectivity index (χ4v) is 1.82. The number of nitrogens with two attached hydrogens (primary N) is 1. The van der Waals surface area contributed by atoms with Gasteiger partial charge in [-0.3, -0.25) is 9.59 Å². The standard InChI is InChI=1S/C13H15F3N2O2/c1-8(2)18(6-12(17)20)11-4-3-9(7-19)5-10(11)13(14,15)16/h3-5,7-8H,6H2,1-2H3,(H2,17,20). The zero-order chi connectivity index (χ0) is 15.5. The lowest BCUT2D eigenvalue weighted by atomic mass is 10.1. The minimum Gasteiger partial charge on any atom is -0.368 e. The first-order chi connectivity index (χ1) is 9.16. The quantitative estimate of drug-likeness (QED) is 0.845. The number of aldehydes is 1. The smallest absolute Gasteiger partial charge is 0.368 e. The third kappa shape index (κ3) is 3.72. The fraction of sp³-hybridized carbons (Fsp3) is 0.385.